The summed E-state index contributed by atoms with van der Waals surface area (Å²) in [6.07, 6.45) is 0.634. The molecule has 0 bridgehead atoms. The summed E-state index contributed by atoms with van der Waals surface area (Å²) in [5.41, 5.74) is 1.27. The van der Waals surface area contributed by atoms with Gasteiger partial charge in [0.25, 0.3) is 0 Å². The lowest BCUT2D eigenvalue weighted by molar-refractivity contribution is -0.0699. The van der Waals surface area contributed by atoms with Gasteiger partial charge in [0.05, 0.1) is 12.2 Å². The van der Waals surface area contributed by atoms with Crippen LogP contribution in [0.2, 0.25) is 0 Å². The van der Waals surface area contributed by atoms with Gasteiger partial charge in [-0.15, -0.1) is 0 Å². The largest absolute Gasteiger partial charge is 0.492 e. The topological polar surface area (TPSA) is 33.7 Å². The predicted octanol–water partition coefficient (Wildman–Crippen LogP) is 2.28. The molecule has 0 spiro atoms. The van der Waals surface area contributed by atoms with E-state index in [-0.39, 0.29) is 0 Å². The van der Waals surface area contributed by atoms with Crippen molar-refractivity contribution >= 4 is 0 Å². The highest BCUT2D eigenvalue weighted by Gasteiger charge is 2.21. The summed E-state index contributed by atoms with van der Waals surface area (Å²) in [6.45, 7) is 11.9. The van der Waals surface area contributed by atoms with Crippen LogP contribution in [0.1, 0.15) is 26.3 Å². The van der Waals surface area contributed by atoms with Crippen LogP contribution in [0.15, 0.2) is 24.3 Å². The van der Waals surface area contributed by atoms with E-state index in [0.29, 0.717) is 12.2 Å². The Morgan fingerprint density at radius 3 is 2.76 bits per heavy atom. The van der Waals surface area contributed by atoms with Crippen molar-refractivity contribution in [3.8, 4) is 5.75 Å². The highest BCUT2D eigenvalue weighted by atomic mass is 16.5. The van der Waals surface area contributed by atoms with Gasteiger partial charge in [-0.3, -0.25) is 4.90 Å². The van der Waals surface area contributed by atoms with Gasteiger partial charge in [0.2, 0.25) is 0 Å². The lowest BCUT2D eigenvalue weighted by Gasteiger charge is -2.35. The molecule has 1 N–H and O–H groups in total. The highest BCUT2D eigenvalue weighted by molar-refractivity contribution is 5.28. The first-order chi connectivity index (χ1) is 10.2. The summed E-state index contributed by atoms with van der Waals surface area (Å²) in [5.74, 6) is 0.958. The van der Waals surface area contributed by atoms with Gasteiger partial charge in [-0.2, -0.15) is 0 Å². The van der Waals surface area contributed by atoms with Crippen LogP contribution in [0.4, 0.5) is 0 Å². The second-order valence-corrected chi connectivity index (χ2v) is 5.79. The Morgan fingerprint density at radius 2 is 2.05 bits per heavy atom. The second-order valence-electron chi connectivity index (χ2n) is 5.79. The molecule has 1 fully saturated rings. The first-order valence-corrected chi connectivity index (χ1v) is 7.97. The summed E-state index contributed by atoms with van der Waals surface area (Å²) < 4.78 is 11.6. The third-order valence-electron chi connectivity index (χ3n) is 3.65. The molecule has 21 heavy (non-hydrogen) atoms. The monoisotopic (exact) mass is 292 g/mol. The zero-order valence-corrected chi connectivity index (χ0v) is 13.5. The summed E-state index contributed by atoms with van der Waals surface area (Å²) in [4.78, 5) is 2.42. The number of rotatable bonds is 7. The molecule has 0 aliphatic carbocycles. The molecule has 1 aliphatic rings. The maximum Gasteiger partial charge on any atom is 0.119 e. The summed E-state index contributed by atoms with van der Waals surface area (Å²) in [7, 11) is 0. The fourth-order valence-corrected chi connectivity index (χ4v) is 2.77. The lowest BCUT2D eigenvalue weighted by atomic mass is 10.2. The Labute approximate surface area is 128 Å². The molecule has 118 valence electrons. The molecule has 0 radical (unpaired) electrons. The van der Waals surface area contributed by atoms with Crippen molar-refractivity contribution in [2.75, 3.05) is 32.8 Å². The van der Waals surface area contributed by atoms with E-state index in [0.717, 1.165) is 45.1 Å². The predicted molar refractivity (Wildman–Crippen MR) is 85.8 cm³/mol. The van der Waals surface area contributed by atoms with E-state index < -0.39 is 0 Å². The highest BCUT2D eigenvalue weighted by Crippen LogP contribution is 2.14. The molecule has 2 atom stereocenters. The van der Waals surface area contributed by atoms with Gasteiger partial charge in [-0.05, 0) is 38.1 Å². The maximum absolute atomic E-state index is 5.89. The molecule has 0 saturated carbocycles. The Balaban J connectivity index is 1.75. The summed E-state index contributed by atoms with van der Waals surface area (Å²) in [5, 5.41) is 3.33. The molecule has 2 rings (SSSR count). The number of hydrogen-bond acceptors (Lipinski definition) is 4. The molecule has 0 aromatic heterocycles. The molecule has 0 amide bonds. The average Bonchev–Trinajstić information content (AvgIpc) is 2.44. The molecule has 1 aliphatic heterocycles. The van der Waals surface area contributed by atoms with Crippen LogP contribution in [0.3, 0.4) is 0 Å². The lowest BCUT2D eigenvalue weighted by Crippen LogP contribution is -2.46. The molecular formula is C17H28N2O2. The molecular weight excluding hydrogens is 264 g/mol. The van der Waals surface area contributed by atoms with E-state index in [2.05, 4.69) is 49.2 Å². The second kappa shape index (κ2) is 8.37. The summed E-state index contributed by atoms with van der Waals surface area (Å²) >= 11 is 0. The van der Waals surface area contributed by atoms with E-state index in [9.17, 15) is 0 Å². The van der Waals surface area contributed by atoms with Gasteiger partial charge in [-0.25, -0.2) is 0 Å². The van der Waals surface area contributed by atoms with Crippen molar-refractivity contribution in [1.82, 2.24) is 10.2 Å². The van der Waals surface area contributed by atoms with Crippen molar-refractivity contribution in [3.05, 3.63) is 29.8 Å². The van der Waals surface area contributed by atoms with Crippen LogP contribution in [0, 0.1) is 0 Å². The van der Waals surface area contributed by atoms with E-state index in [1.165, 1.54) is 5.56 Å². The van der Waals surface area contributed by atoms with Gasteiger partial charge in [0, 0.05) is 26.2 Å². The van der Waals surface area contributed by atoms with Crippen molar-refractivity contribution in [2.45, 2.75) is 39.5 Å². The fourth-order valence-electron chi connectivity index (χ4n) is 2.77. The molecule has 4 heteroatoms. The number of nitrogens with zero attached hydrogens (tertiary/aromatic N) is 1. The van der Waals surface area contributed by atoms with Gasteiger partial charge in [0.15, 0.2) is 0 Å². The van der Waals surface area contributed by atoms with E-state index >= 15 is 0 Å². The molecule has 0 unspecified atom stereocenters. The van der Waals surface area contributed by atoms with Crippen molar-refractivity contribution in [1.29, 1.82) is 0 Å². The van der Waals surface area contributed by atoms with Crippen LogP contribution in [0.25, 0.3) is 0 Å². The molecule has 1 heterocycles. The van der Waals surface area contributed by atoms with Crippen LogP contribution in [-0.4, -0.2) is 49.9 Å². The minimum absolute atomic E-state index is 0.317. The number of benzene rings is 1. The number of morpholine rings is 1. The number of ether oxygens (including phenoxy) is 2. The average molecular weight is 292 g/mol. The number of hydrogen-bond donors (Lipinski definition) is 1. The molecule has 4 nitrogen and oxygen atoms in total. The standard InChI is InChI=1S/C17H28N2O2/c1-4-18-11-16-6-5-7-17(10-16)20-9-8-19-12-14(2)21-15(3)13-19/h5-7,10,14-15,18H,4,8-9,11-13H2,1-3H3/t14-,15+. The number of nitrogens with one attached hydrogen (secondary N) is 1. The fraction of sp³-hybridized carbons (Fsp3) is 0.647. The van der Waals surface area contributed by atoms with Gasteiger partial charge in [0.1, 0.15) is 12.4 Å². The Morgan fingerprint density at radius 1 is 1.29 bits per heavy atom. The van der Waals surface area contributed by atoms with E-state index in [1.807, 2.05) is 6.07 Å². The third-order valence-corrected chi connectivity index (χ3v) is 3.65. The summed E-state index contributed by atoms with van der Waals surface area (Å²) in [6, 6.07) is 8.33. The van der Waals surface area contributed by atoms with Crippen LogP contribution >= 0.6 is 0 Å². The first kappa shape index (κ1) is 16.3. The van der Waals surface area contributed by atoms with Gasteiger partial charge < -0.3 is 14.8 Å². The Bertz CT molecular complexity index is 415. The zero-order valence-electron chi connectivity index (χ0n) is 13.5. The molecule has 1 aromatic carbocycles. The SMILES string of the molecule is CCNCc1cccc(OCCN2C[C@@H](C)O[C@@H](C)C2)c1. The third kappa shape index (κ3) is 5.65. The van der Waals surface area contributed by atoms with Crippen molar-refractivity contribution in [3.63, 3.8) is 0 Å². The van der Waals surface area contributed by atoms with Crippen molar-refractivity contribution < 1.29 is 9.47 Å². The molecule has 1 saturated heterocycles. The van der Waals surface area contributed by atoms with E-state index in [1.54, 1.807) is 0 Å². The Hall–Kier alpha value is -1.10. The van der Waals surface area contributed by atoms with E-state index in [4.69, 9.17) is 9.47 Å². The smallest absolute Gasteiger partial charge is 0.119 e. The minimum Gasteiger partial charge on any atom is -0.492 e. The normalized spacial score (nSPS) is 23.2. The van der Waals surface area contributed by atoms with Crippen molar-refractivity contribution in [2.24, 2.45) is 0 Å². The Kier molecular flexibility index (Phi) is 6.49. The van der Waals surface area contributed by atoms with Crippen LogP contribution < -0.4 is 10.1 Å². The minimum atomic E-state index is 0.317. The maximum atomic E-state index is 5.89. The van der Waals surface area contributed by atoms with Gasteiger partial charge >= 0.3 is 0 Å². The van der Waals surface area contributed by atoms with Gasteiger partial charge in [-0.1, -0.05) is 19.1 Å². The zero-order chi connectivity index (χ0) is 15.1. The van der Waals surface area contributed by atoms with Crippen LogP contribution in [0.5, 0.6) is 5.75 Å². The quantitative estimate of drug-likeness (QED) is 0.836. The first-order valence-electron chi connectivity index (χ1n) is 7.97. The molecule has 1 aromatic rings. The van der Waals surface area contributed by atoms with Crippen LogP contribution in [-0.2, 0) is 11.3 Å².